The summed E-state index contributed by atoms with van der Waals surface area (Å²) in [6.45, 7) is 0.687. The minimum Gasteiger partial charge on any atom is -0.412 e. The lowest BCUT2D eigenvalue weighted by atomic mass is 9.97. The van der Waals surface area contributed by atoms with Crippen molar-refractivity contribution in [1.82, 2.24) is 5.32 Å². The second-order valence-electron chi connectivity index (χ2n) is 3.46. The highest BCUT2D eigenvalue weighted by atomic mass is 16.6. The molecule has 1 fully saturated rings. The van der Waals surface area contributed by atoms with Gasteiger partial charge in [0.05, 0.1) is 6.61 Å². The first kappa shape index (κ1) is 15.2. The van der Waals surface area contributed by atoms with Gasteiger partial charge in [0, 0.05) is 6.92 Å². The van der Waals surface area contributed by atoms with Gasteiger partial charge in [-0.15, -0.1) is 0 Å². The predicted molar refractivity (Wildman–Crippen MR) is 51.2 cm³/mol. The van der Waals surface area contributed by atoms with E-state index in [9.17, 15) is 20.1 Å². The Balaban J connectivity index is 0.00000225. The largest absolute Gasteiger partial charge is 0.412 e. The summed E-state index contributed by atoms with van der Waals surface area (Å²) in [5.41, 5.74) is 0. The van der Waals surface area contributed by atoms with E-state index in [0.29, 0.717) is 0 Å². The van der Waals surface area contributed by atoms with Gasteiger partial charge in [0.25, 0.3) is 0 Å². The molecule has 96 valence electrons. The standard InChI is InChI=1S/C8H15NO6.H2O/c1-3(11)9-5-7(13)6(12)4(2-10)15-8(5)14;/h4-8,10,12-14H,2H2,1H3,(H,9,11);1H2/t4-,5-,6-,7-,8-;/m1./s1. The number of nitrogens with one attached hydrogen (secondary N) is 1. The van der Waals surface area contributed by atoms with E-state index >= 15 is 0 Å². The van der Waals surface area contributed by atoms with Crippen LogP contribution in [0.4, 0.5) is 0 Å². The van der Waals surface area contributed by atoms with Crippen molar-refractivity contribution < 1.29 is 35.4 Å². The Kier molecular flexibility index (Phi) is 5.79. The molecule has 5 atom stereocenters. The van der Waals surface area contributed by atoms with Gasteiger partial charge in [-0.1, -0.05) is 0 Å². The van der Waals surface area contributed by atoms with Gasteiger partial charge in [0.1, 0.15) is 24.4 Å². The van der Waals surface area contributed by atoms with Gasteiger partial charge in [-0.05, 0) is 0 Å². The number of amides is 1. The molecule has 0 aromatic rings. The van der Waals surface area contributed by atoms with Crippen molar-refractivity contribution in [3.05, 3.63) is 0 Å². The molecule has 1 aliphatic heterocycles. The maximum absolute atomic E-state index is 10.7. The van der Waals surface area contributed by atoms with Crippen molar-refractivity contribution in [2.75, 3.05) is 6.61 Å². The summed E-state index contributed by atoms with van der Waals surface area (Å²) in [5, 5.41) is 39.4. The molecule has 0 aromatic heterocycles. The molecule has 1 amide bonds. The fourth-order valence-electron chi connectivity index (χ4n) is 1.49. The molecule has 0 saturated carbocycles. The minimum atomic E-state index is -1.45. The number of ether oxygens (including phenoxy) is 1. The highest BCUT2D eigenvalue weighted by molar-refractivity contribution is 5.73. The van der Waals surface area contributed by atoms with Gasteiger partial charge in [-0.25, -0.2) is 0 Å². The number of aliphatic hydroxyl groups is 4. The smallest absolute Gasteiger partial charge is 0.217 e. The van der Waals surface area contributed by atoms with Crippen LogP contribution in [-0.2, 0) is 9.53 Å². The molecule has 1 heterocycles. The monoisotopic (exact) mass is 239 g/mol. The Morgan fingerprint density at radius 1 is 1.31 bits per heavy atom. The van der Waals surface area contributed by atoms with Crippen molar-refractivity contribution >= 4 is 5.91 Å². The lowest BCUT2D eigenvalue weighted by Gasteiger charge is -2.40. The molecule has 7 N–H and O–H groups in total. The van der Waals surface area contributed by atoms with Crippen molar-refractivity contribution in [3.8, 4) is 0 Å². The Bertz CT molecular complexity index is 236. The van der Waals surface area contributed by atoms with Crippen LogP contribution in [0.15, 0.2) is 0 Å². The van der Waals surface area contributed by atoms with Crippen LogP contribution in [0.2, 0.25) is 0 Å². The van der Waals surface area contributed by atoms with E-state index in [0.717, 1.165) is 0 Å². The van der Waals surface area contributed by atoms with Gasteiger partial charge >= 0.3 is 0 Å². The summed E-state index contributed by atoms with van der Waals surface area (Å²) in [4.78, 5) is 10.7. The van der Waals surface area contributed by atoms with Gasteiger partial charge in [-0.2, -0.15) is 0 Å². The van der Waals surface area contributed by atoms with Crippen LogP contribution in [0.3, 0.4) is 0 Å². The lowest BCUT2D eigenvalue weighted by Crippen LogP contribution is -2.63. The van der Waals surface area contributed by atoms with E-state index in [2.05, 4.69) is 5.32 Å². The van der Waals surface area contributed by atoms with Crippen molar-refractivity contribution in [2.45, 2.75) is 37.6 Å². The Hall–Kier alpha value is -0.770. The first-order valence-corrected chi connectivity index (χ1v) is 4.55. The van der Waals surface area contributed by atoms with Crippen LogP contribution in [0.25, 0.3) is 0 Å². The Labute approximate surface area is 91.8 Å². The van der Waals surface area contributed by atoms with Crippen molar-refractivity contribution in [1.29, 1.82) is 0 Å². The van der Waals surface area contributed by atoms with Crippen LogP contribution >= 0.6 is 0 Å². The van der Waals surface area contributed by atoms with Crippen molar-refractivity contribution in [3.63, 3.8) is 0 Å². The summed E-state index contributed by atoms with van der Waals surface area (Å²) >= 11 is 0. The molecular formula is C8H17NO7. The molecule has 0 radical (unpaired) electrons. The molecule has 1 rings (SSSR count). The zero-order valence-electron chi connectivity index (χ0n) is 8.70. The normalized spacial score (nSPS) is 38.7. The van der Waals surface area contributed by atoms with Crippen molar-refractivity contribution in [2.24, 2.45) is 0 Å². The second-order valence-corrected chi connectivity index (χ2v) is 3.46. The zero-order valence-corrected chi connectivity index (χ0v) is 8.70. The number of carbonyl (C=O) groups excluding carboxylic acids is 1. The highest BCUT2D eigenvalue weighted by Crippen LogP contribution is 2.19. The topological polar surface area (TPSA) is 151 Å². The lowest BCUT2D eigenvalue weighted by molar-refractivity contribution is -0.253. The third kappa shape index (κ3) is 3.11. The summed E-state index contributed by atoms with van der Waals surface area (Å²) in [6.07, 6.45) is -5.24. The van der Waals surface area contributed by atoms with Gasteiger partial charge in [0.2, 0.25) is 5.91 Å². The van der Waals surface area contributed by atoms with E-state index in [1.165, 1.54) is 6.92 Å². The first-order chi connectivity index (χ1) is 6.97. The summed E-state index contributed by atoms with van der Waals surface area (Å²) in [5.74, 6) is -0.462. The second kappa shape index (κ2) is 6.09. The average molecular weight is 239 g/mol. The van der Waals surface area contributed by atoms with E-state index in [1.54, 1.807) is 0 Å². The highest BCUT2D eigenvalue weighted by Gasteiger charge is 2.43. The molecule has 0 aromatic carbocycles. The van der Waals surface area contributed by atoms with Crippen LogP contribution in [0, 0.1) is 0 Å². The molecular weight excluding hydrogens is 222 g/mol. The zero-order chi connectivity index (χ0) is 11.6. The summed E-state index contributed by atoms with van der Waals surface area (Å²) in [7, 11) is 0. The van der Waals surface area contributed by atoms with Gasteiger partial charge in [-0.3, -0.25) is 4.79 Å². The van der Waals surface area contributed by atoms with E-state index in [-0.39, 0.29) is 5.48 Å². The van der Waals surface area contributed by atoms with E-state index in [4.69, 9.17) is 9.84 Å². The number of carbonyl (C=O) groups is 1. The van der Waals surface area contributed by atoms with Gasteiger partial charge < -0.3 is 36.0 Å². The molecule has 8 heteroatoms. The third-order valence-electron chi connectivity index (χ3n) is 2.27. The Morgan fingerprint density at radius 3 is 2.31 bits per heavy atom. The van der Waals surface area contributed by atoms with E-state index < -0.39 is 43.2 Å². The maximum atomic E-state index is 10.7. The SMILES string of the molecule is CC(=O)N[C@@H]1[C@@H](O)[C@H](O)[C@@H](CO)O[C@H]1O.O. The number of hydrogen-bond acceptors (Lipinski definition) is 6. The van der Waals surface area contributed by atoms with E-state index in [1.807, 2.05) is 0 Å². The molecule has 0 spiro atoms. The molecule has 0 unspecified atom stereocenters. The Morgan fingerprint density at radius 2 is 1.88 bits per heavy atom. The summed E-state index contributed by atoms with van der Waals surface area (Å²) in [6, 6.07) is -1.10. The van der Waals surface area contributed by atoms with Crippen LogP contribution in [0.5, 0.6) is 0 Å². The van der Waals surface area contributed by atoms with Gasteiger partial charge in [0.15, 0.2) is 6.29 Å². The maximum Gasteiger partial charge on any atom is 0.217 e. The van der Waals surface area contributed by atoms with Crippen LogP contribution < -0.4 is 5.32 Å². The molecule has 8 nitrogen and oxygen atoms in total. The first-order valence-electron chi connectivity index (χ1n) is 4.55. The molecule has 0 aliphatic carbocycles. The quantitative estimate of drug-likeness (QED) is 0.332. The number of rotatable bonds is 2. The van der Waals surface area contributed by atoms with Crippen LogP contribution in [-0.4, -0.2) is 69.1 Å². The fourth-order valence-corrected chi connectivity index (χ4v) is 1.49. The average Bonchev–Trinajstić information content (AvgIpc) is 2.18. The minimum absolute atomic E-state index is 0. The molecule has 1 aliphatic rings. The molecule has 1 saturated heterocycles. The summed E-state index contributed by atoms with van der Waals surface area (Å²) < 4.78 is 4.81. The molecule has 0 bridgehead atoms. The number of hydrogen-bond donors (Lipinski definition) is 5. The number of aliphatic hydroxyl groups excluding tert-OH is 4. The molecule has 16 heavy (non-hydrogen) atoms. The predicted octanol–water partition coefficient (Wildman–Crippen LogP) is -3.90. The van der Waals surface area contributed by atoms with Crippen LogP contribution in [0.1, 0.15) is 6.92 Å². The fraction of sp³-hybridized carbons (Fsp3) is 0.875. The third-order valence-corrected chi connectivity index (χ3v) is 2.27.